The van der Waals surface area contributed by atoms with Crippen molar-refractivity contribution in [1.82, 2.24) is 5.32 Å². The third-order valence-corrected chi connectivity index (χ3v) is 3.37. The first-order valence-corrected chi connectivity index (χ1v) is 5.72. The van der Waals surface area contributed by atoms with Crippen LogP contribution in [0.5, 0.6) is 0 Å². The van der Waals surface area contributed by atoms with E-state index >= 15 is 0 Å². The Morgan fingerprint density at radius 1 is 1.27 bits per heavy atom. The van der Waals surface area contributed by atoms with Crippen molar-refractivity contribution in [2.45, 2.75) is 25.0 Å². The summed E-state index contributed by atoms with van der Waals surface area (Å²) in [5.74, 6) is 0. The molecule has 1 saturated heterocycles. The number of aliphatic hydroxyl groups excluding tert-OH is 1. The minimum absolute atomic E-state index is 0.0588. The van der Waals surface area contributed by atoms with Crippen LogP contribution in [0.3, 0.4) is 0 Å². The Balaban J connectivity index is 2.18. The highest BCUT2D eigenvalue weighted by Crippen LogP contribution is 2.29. The van der Waals surface area contributed by atoms with Crippen molar-refractivity contribution in [3.05, 3.63) is 33.8 Å². The molecule has 0 amide bonds. The highest BCUT2D eigenvalue weighted by molar-refractivity contribution is 6.42. The Bertz CT molecular complexity index is 356. The van der Waals surface area contributed by atoms with Gasteiger partial charge in [0.25, 0.3) is 0 Å². The van der Waals surface area contributed by atoms with Crippen molar-refractivity contribution in [3.63, 3.8) is 0 Å². The predicted octanol–water partition coefficient (Wildman–Crippen LogP) is 2.79. The summed E-state index contributed by atoms with van der Waals surface area (Å²) in [6, 6.07) is 5.58. The normalized spacial score (nSPS) is 26.6. The van der Waals surface area contributed by atoms with Crippen LogP contribution in [0.4, 0.5) is 0 Å². The minimum atomic E-state index is -0.248. The van der Waals surface area contributed by atoms with E-state index in [1.165, 1.54) is 0 Å². The van der Waals surface area contributed by atoms with Gasteiger partial charge in [-0.1, -0.05) is 29.3 Å². The fraction of sp³-hybridized carbons (Fsp3) is 0.455. The minimum Gasteiger partial charge on any atom is -0.393 e. The largest absolute Gasteiger partial charge is 0.393 e. The van der Waals surface area contributed by atoms with Crippen LogP contribution >= 0.6 is 23.2 Å². The second kappa shape index (κ2) is 4.71. The summed E-state index contributed by atoms with van der Waals surface area (Å²) < 4.78 is 0. The first-order valence-electron chi connectivity index (χ1n) is 4.96. The van der Waals surface area contributed by atoms with Crippen LogP contribution < -0.4 is 5.32 Å². The highest BCUT2D eigenvalue weighted by atomic mass is 35.5. The lowest BCUT2D eigenvalue weighted by molar-refractivity contribution is 0.115. The van der Waals surface area contributed by atoms with E-state index < -0.39 is 0 Å². The number of benzene rings is 1. The fourth-order valence-corrected chi connectivity index (χ4v) is 2.10. The molecule has 81 valence electrons. The van der Waals surface area contributed by atoms with E-state index in [2.05, 4.69) is 5.32 Å². The molecule has 2 nitrogen and oxygen atoms in total. The maximum Gasteiger partial charge on any atom is 0.0595 e. The molecule has 2 rings (SSSR count). The number of hydrogen-bond acceptors (Lipinski definition) is 1. The molecule has 15 heavy (non-hydrogen) atoms. The van der Waals surface area contributed by atoms with Gasteiger partial charge in [0.1, 0.15) is 0 Å². The van der Waals surface area contributed by atoms with Gasteiger partial charge < -0.3 is 5.11 Å². The second-order valence-corrected chi connectivity index (χ2v) is 4.59. The summed E-state index contributed by atoms with van der Waals surface area (Å²) in [5.41, 5.74) is 1.03. The van der Waals surface area contributed by atoms with Gasteiger partial charge >= 0.3 is 0 Å². The highest BCUT2D eigenvalue weighted by Gasteiger charge is 2.22. The molecule has 4 heteroatoms. The SMILES string of the molecule is OC1CC[N]C(c2ccc(Cl)c(Cl)c2)C1. The lowest BCUT2D eigenvalue weighted by atomic mass is 9.96. The number of aliphatic hydroxyl groups is 1. The van der Waals surface area contributed by atoms with E-state index in [-0.39, 0.29) is 12.1 Å². The van der Waals surface area contributed by atoms with Crippen molar-refractivity contribution in [3.8, 4) is 0 Å². The van der Waals surface area contributed by atoms with E-state index in [1.807, 2.05) is 12.1 Å². The van der Waals surface area contributed by atoms with Crippen LogP contribution in [0.2, 0.25) is 10.0 Å². The fourth-order valence-electron chi connectivity index (χ4n) is 1.79. The quantitative estimate of drug-likeness (QED) is 0.811. The second-order valence-electron chi connectivity index (χ2n) is 3.77. The average molecular weight is 245 g/mol. The standard InChI is InChI=1S/C11H12Cl2NO/c12-9-2-1-7(5-10(9)13)11-6-8(15)3-4-14-11/h1-2,5,8,11,15H,3-4,6H2. The zero-order chi connectivity index (χ0) is 10.8. The molecular weight excluding hydrogens is 233 g/mol. The van der Waals surface area contributed by atoms with Gasteiger partial charge in [-0.3, -0.25) is 0 Å². The van der Waals surface area contributed by atoms with Crippen LogP contribution in [0.15, 0.2) is 18.2 Å². The lowest BCUT2D eigenvalue weighted by Crippen LogP contribution is -2.29. The molecule has 1 N–H and O–H groups in total. The number of rotatable bonds is 1. The Labute approximate surface area is 99.2 Å². The first kappa shape index (κ1) is 11.2. The number of nitrogens with zero attached hydrogens (tertiary/aromatic N) is 1. The van der Waals surface area contributed by atoms with E-state index in [4.69, 9.17) is 23.2 Å². The zero-order valence-corrected chi connectivity index (χ0v) is 9.67. The molecule has 0 aromatic heterocycles. The zero-order valence-electron chi connectivity index (χ0n) is 8.16. The topological polar surface area (TPSA) is 34.3 Å². The molecule has 0 spiro atoms. The van der Waals surface area contributed by atoms with Crippen molar-refractivity contribution in [2.24, 2.45) is 0 Å². The van der Waals surface area contributed by atoms with Crippen molar-refractivity contribution >= 4 is 23.2 Å². The summed E-state index contributed by atoms with van der Waals surface area (Å²) in [7, 11) is 0. The molecule has 1 aliphatic rings. The van der Waals surface area contributed by atoms with Crippen molar-refractivity contribution < 1.29 is 5.11 Å². The van der Waals surface area contributed by atoms with Crippen molar-refractivity contribution in [2.75, 3.05) is 6.54 Å². The molecule has 0 aliphatic carbocycles. The van der Waals surface area contributed by atoms with Crippen LogP contribution in [0.25, 0.3) is 0 Å². The third-order valence-electron chi connectivity index (χ3n) is 2.64. The molecule has 1 heterocycles. The Hall–Kier alpha value is -0.280. The van der Waals surface area contributed by atoms with E-state index in [0.717, 1.165) is 12.0 Å². The lowest BCUT2D eigenvalue weighted by Gasteiger charge is -2.26. The van der Waals surface area contributed by atoms with Crippen molar-refractivity contribution in [1.29, 1.82) is 0 Å². The molecule has 2 unspecified atom stereocenters. The molecule has 1 fully saturated rings. The summed E-state index contributed by atoms with van der Waals surface area (Å²) in [5, 5.41) is 15.1. The maximum atomic E-state index is 9.55. The molecule has 0 bridgehead atoms. The monoisotopic (exact) mass is 244 g/mol. The van der Waals surface area contributed by atoms with E-state index in [0.29, 0.717) is 23.0 Å². The molecule has 1 aromatic carbocycles. The predicted molar refractivity (Wildman–Crippen MR) is 61.4 cm³/mol. The van der Waals surface area contributed by atoms with E-state index in [1.54, 1.807) is 6.07 Å². The third kappa shape index (κ3) is 2.64. The Morgan fingerprint density at radius 2 is 2.07 bits per heavy atom. The van der Waals surface area contributed by atoms with Gasteiger partial charge in [-0.15, -0.1) is 0 Å². The van der Waals surface area contributed by atoms with Crippen LogP contribution in [0.1, 0.15) is 24.4 Å². The first-order chi connectivity index (χ1) is 7.16. The number of piperidine rings is 1. The van der Waals surface area contributed by atoms with Gasteiger partial charge in [0.2, 0.25) is 0 Å². The van der Waals surface area contributed by atoms with Gasteiger partial charge in [-0.05, 0) is 30.5 Å². The molecule has 1 radical (unpaired) electrons. The number of halogens is 2. The van der Waals surface area contributed by atoms with Gasteiger partial charge in [-0.25, -0.2) is 5.32 Å². The average Bonchev–Trinajstić information content (AvgIpc) is 2.22. The molecule has 1 aliphatic heterocycles. The van der Waals surface area contributed by atoms with Crippen LogP contribution in [0, 0.1) is 0 Å². The summed E-state index contributed by atoms with van der Waals surface area (Å²) >= 11 is 11.8. The van der Waals surface area contributed by atoms with E-state index in [9.17, 15) is 5.11 Å². The van der Waals surface area contributed by atoms with Gasteiger partial charge in [-0.2, -0.15) is 0 Å². The van der Waals surface area contributed by atoms with Gasteiger partial charge in [0, 0.05) is 6.54 Å². The summed E-state index contributed by atoms with van der Waals surface area (Å²) in [6.45, 7) is 0.714. The maximum absolute atomic E-state index is 9.55. The molecular formula is C11H12Cl2NO. The Kier molecular flexibility index (Phi) is 3.52. The van der Waals surface area contributed by atoms with Gasteiger partial charge in [0.05, 0.1) is 22.2 Å². The van der Waals surface area contributed by atoms with Gasteiger partial charge in [0.15, 0.2) is 0 Å². The van der Waals surface area contributed by atoms with Crippen LogP contribution in [-0.4, -0.2) is 17.8 Å². The summed E-state index contributed by atoms with van der Waals surface area (Å²) in [6.07, 6.45) is 1.19. The Morgan fingerprint density at radius 3 is 2.73 bits per heavy atom. The van der Waals surface area contributed by atoms with Crippen LogP contribution in [-0.2, 0) is 0 Å². The molecule has 2 atom stereocenters. The number of hydrogen-bond donors (Lipinski definition) is 1. The smallest absolute Gasteiger partial charge is 0.0595 e. The molecule has 1 aromatic rings. The summed E-state index contributed by atoms with van der Waals surface area (Å²) in [4.78, 5) is 0. The molecule has 0 saturated carbocycles.